The van der Waals surface area contributed by atoms with Crippen LogP contribution in [0, 0.1) is 0 Å². The zero-order chi connectivity index (χ0) is 46.8. The van der Waals surface area contributed by atoms with E-state index in [2.05, 4.69) is 13.2 Å². The molecule has 0 bridgehead atoms. The van der Waals surface area contributed by atoms with Crippen LogP contribution in [0.4, 0.5) is 0 Å². The number of unbranched alkanes of at least 4 members (excludes halogenated alkanes) is 10. The summed E-state index contributed by atoms with van der Waals surface area (Å²) in [5.74, 6) is 0.0234. The molecule has 0 spiro atoms. The molecule has 66 heavy (non-hydrogen) atoms. The van der Waals surface area contributed by atoms with Gasteiger partial charge < -0.3 is 28.4 Å². The molecule has 346 valence electrons. The lowest BCUT2D eigenvalue weighted by Gasteiger charge is -2.13. The third kappa shape index (κ3) is 17.2. The van der Waals surface area contributed by atoms with E-state index >= 15 is 0 Å². The van der Waals surface area contributed by atoms with E-state index in [-0.39, 0.29) is 23.4 Å². The molecule has 0 saturated carbocycles. The van der Waals surface area contributed by atoms with Crippen LogP contribution in [0.25, 0.3) is 22.3 Å². The number of hydrogen-bond donors (Lipinski definition) is 0. The minimum Gasteiger partial charge on any atom is -0.494 e. The Bertz CT molecular complexity index is 2300. The van der Waals surface area contributed by atoms with Gasteiger partial charge in [0, 0.05) is 12.2 Å². The van der Waals surface area contributed by atoms with Crippen LogP contribution >= 0.6 is 0 Å². The van der Waals surface area contributed by atoms with Crippen molar-refractivity contribution in [3.05, 3.63) is 157 Å². The lowest BCUT2D eigenvalue weighted by atomic mass is 10.0. The van der Waals surface area contributed by atoms with Crippen LogP contribution in [0.15, 0.2) is 141 Å². The molecule has 0 atom stereocenters. The van der Waals surface area contributed by atoms with E-state index in [1.54, 1.807) is 36.4 Å². The first-order valence-electron chi connectivity index (χ1n) is 23.1. The van der Waals surface area contributed by atoms with Crippen LogP contribution in [0.3, 0.4) is 0 Å². The molecule has 0 unspecified atom stereocenters. The summed E-state index contributed by atoms with van der Waals surface area (Å²) in [7, 11) is 0. The predicted molar refractivity (Wildman–Crippen MR) is 258 cm³/mol. The van der Waals surface area contributed by atoms with Gasteiger partial charge in [-0.3, -0.25) is 0 Å². The van der Waals surface area contributed by atoms with Crippen LogP contribution in [-0.4, -0.2) is 50.3 Å². The molecule has 0 N–H and O–H groups in total. The molecule has 0 aliphatic rings. The van der Waals surface area contributed by atoms with Crippen LogP contribution in [0.1, 0.15) is 110 Å². The zero-order valence-corrected chi connectivity index (χ0v) is 38.1. The third-order valence-electron chi connectivity index (χ3n) is 10.9. The summed E-state index contributed by atoms with van der Waals surface area (Å²) in [5.41, 5.74) is 5.47. The first-order valence-corrected chi connectivity index (χ1v) is 23.1. The fourth-order valence-electron chi connectivity index (χ4n) is 7.00. The Morgan fingerprint density at radius 1 is 0.424 bits per heavy atom. The third-order valence-corrected chi connectivity index (χ3v) is 10.9. The van der Waals surface area contributed by atoms with Crippen molar-refractivity contribution in [1.82, 2.24) is 0 Å². The smallest absolute Gasteiger partial charge is 0.343 e. The summed E-state index contributed by atoms with van der Waals surface area (Å²) in [6, 6.07) is 35.3. The Morgan fingerprint density at radius 3 is 1.15 bits per heavy atom. The number of benzene rings is 5. The first-order chi connectivity index (χ1) is 32.3. The van der Waals surface area contributed by atoms with Gasteiger partial charge in [-0.25, -0.2) is 19.2 Å². The standard InChI is InChI=1S/C56H62O10/c1-4-42-19-36-51(65-55(59)47-24-20-43(21-25-47)45-28-32-49(33-29-45)61-37-15-11-7-9-13-17-39-63-53(57)5-2)52(41-42)66-56(60)48-26-22-44(23-27-48)46-30-34-50(35-31-46)62-38-16-12-8-10-14-18-40-64-54(58)6-3/h5-6,19-36,41H,2-4,7-18,37-40H2,1H3. The van der Waals surface area contributed by atoms with Gasteiger partial charge in [-0.2, -0.15) is 0 Å². The van der Waals surface area contributed by atoms with E-state index in [1.807, 2.05) is 85.8 Å². The average molecular weight is 895 g/mol. The van der Waals surface area contributed by atoms with Gasteiger partial charge in [-0.05, 0) is 121 Å². The van der Waals surface area contributed by atoms with Gasteiger partial charge in [0.05, 0.1) is 37.6 Å². The Kier molecular flexibility index (Phi) is 21.3. The van der Waals surface area contributed by atoms with Crippen LogP contribution in [0.2, 0.25) is 0 Å². The van der Waals surface area contributed by atoms with Crippen molar-refractivity contribution in [1.29, 1.82) is 0 Å². The molecule has 0 heterocycles. The van der Waals surface area contributed by atoms with Gasteiger partial charge in [-0.15, -0.1) is 0 Å². The van der Waals surface area contributed by atoms with Gasteiger partial charge in [-0.1, -0.05) is 126 Å². The summed E-state index contributed by atoms with van der Waals surface area (Å²) in [6.07, 6.45) is 15.3. The van der Waals surface area contributed by atoms with Gasteiger partial charge in [0.2, 0.25) is 0 Å². The van der Waals surface area contributed by atoms with Gasteiger partial charge in [0.25, 0.3) is 0 Å². The molecule has 0 radical (unpaired) electrons. The molecular weight excluding hydrogens is 833 g/mol. The number of aryl methyl sites for hydroxylation is 1. The fourth-order valence-corrected chi connectivity index (χ4v) is 7.00. The van der Waals surface area contributed by atoms with E-state index < -0.39 is 11.9 Å². The summed E-state index contributed by atoms with van der Waals surface area (Å²) in [6.45, 7) is 10.9. The second kappa shape index (κ2) is 28.1. The topological polar surface area (TPSA) is 124 Å². The second-order valence-corrected chi connectivity index (χ2v) is 15.8. The minimum absolute atomic E-state index is 0.147. The van der Waals surface area contributed by atoms with Crippen LogP contribution in [-0.2, 0) is 25.5 Å². The van der Waals surface area contributed by atoms with E-state index in [9.17, 15) is 19.2 Å². The van der Waals surface area contributed by atoms with Crippen molar-refractivity contribution in [3.63, 3.8) is 0 Å². The molecular formula is C56H62O10. The van der Waals surface area contributed by atoms with Gasteiger partial charge >= 0.3 is 23.9 Å². The average Bonchev–Trinajstić information content (AvgIpc) is 3.35. The Balaban J connectivity index is 1.04. The molecule has 10 heteroatoms. The molecule has 0 aliphatic carbocycles. The largest absolute Gasteiger partial charge is 0.494 e. The lowest BCUT2D eigenvalue weighted by Crippen LogP contribution is -2.13. The van der Waals surface area contributed by atoms with Crippen molar-refractivity contribution in [2.24, 2.45) is 0 Å². The van der Waals surface area contributed by atoms with Crippen molar-refractivity contribution >= 4 is 23.9 Å². The maximum Gasteiger partial charge on any atom is 0.343 e. The van der Waals surface area contributed by atoms with E-state index in [0.717, 1.165) is 116 Å². The molecule has 5 rings (SSSR count). The van der Waals surface area contributed by atoms with E-state index in [4.69, 9.17) is 28.4 Å². The molecule has 0 aliphatic heterocycles. The predicted octanol–water partition coefficient (Wildman–Crippen LogP) is 12.9. The number of esters is 4. The highest BCUT2D eigenvalue weighted by Gasteiger charge is 2.18. The summed E-state index contributed by atoms with van der Waals surface area (Å²) in [4.78, 5) is 48.9. The maximum atomic E-state index is 13.4. The van der Waals surface area contributed by atoms with Crippen LogP contribution < -0.4 is 18.9 Å². The Labute approximate surface area is 389 Å². The number of carbonyl (C=O) groups excluding carboxylic acids is 4. The number of hydrogen-bond acceptors (Lipinski definition) is 10. The molecule has 10 nitrogen and oxygen atoms in total. The normalized spacial score (nSPS) is 10.7. The quantitative estimate of drug-likeness (QED) is 0.0198. The number of carbonyl (C=O) groups is 4. The van der Waals surface area contributed by atoms with Crippen molar-refractivity contribution in [2.75, 3.05) is 26.4 Å². The second-order valence-electron chi connectivity index (χ2n) is 15.8. The van der Waals surface area contributed by atoms with E-state index in [1.165, 1.54) is 12.2 Å². The van der Waals surface area contributed by atoms with Crippen molar-refractivity contribution < 1.29 is 47.6 Å². The highest BCUT2D eigenvalue weighted by molar-refractivity contribution is 5.94. The van der Waals surface area contributed by atoms with Crippen LogP contribution in [0.5, 0.6) is 23.0 Å². The molecule has 0 saturated heterocycles. The zero-order valence-electron chi connectivity index (χ0n) is 38.1. The molecule has 0 amide bonds. The Hall–Kier alpha value is -6.94. The molecule has 0 aromatic heterocycles. The summed E-state index contributed by atoms with van der Waals surface area (Å²) < 4.78 is 33.5. The number of rotatable bonds is 29. The first kappa shape index (κ1) is 50.1. The van der Waals surface area contributed by atoms with E-state index in [0.29, 0.717) is 44.0 Å². The SMILES string of the molecule is C=CC(=O)OCCCCCCCCOc1ccc(-c2ccc(C(=O)Oc3ccc(CC)cc3OC(=O)c3ccc(-c4ccc(OCCCCCCCCOC(=O)C=C)cc4)cc3)cc2)cc1. The highest BCUT2D eigenvalue weighted by Crippen LogP contribution is 2.32. The molecule has 0 fully saturated rings. The number of ether oxygens (including phenoxy) is 6. The summed E-state index contributed by atoms with van der Waals surface area (Å²) in [5, 5.41) is 0. The minimum atomic E-state index is -0.574. The Morgan fingerprint density at radius 2 is 0.773 bits per heavy atom. The maximum absolute atomic E-state index is 13.4. The highest BCUT2D eigenvalue weighted by atomic mass is 16.6. The molecule has 5 aromatic carbocycles. The summed E-state index contributed by atoms with van der Waals surface area (Å²) >= 11 is 0. The van der Waals surface area contributed by atoms with Crippen molar-refractivity contribution in [2.45, 2.75) is 90.4 Å². The monoisotopic (exact) mass is 894 g/mol. The lowest BCUT2D eigenvalue weighted by molar-refractivity contribution is -0.138. The molecule has 5 aromatic rings. The van der Waals surface area contributed by atoms with Gasteiger partial charge in [0.15, 0.2) is 11.5 Å². The fraction of sp³-hybridized carbons (Fsp3) is 0.321. The van der Waals surface area contributed by atoms with Crippen molar-refractivity contribution in [3.8, 4) is 45.3 Å². The van der Waals surface area contributed by atoms with Gasteiger partial charge in [0.1, 0.15) is 11.5 Å².